The summed E-state index contributed by atoms with van der Waals surface area (Å²) in [5, 5.41) is 11.0. The maximum absolute atomic E-state index is 5.93. The van der Waals surface area contributed by atoms with E-state index in [0.717, 1.165) is 56.6 Å². The van der Waals surface area contributed by atoms with Crippen molar-refractivity contribution < 1.29 is 4.42 Å². The Morgan fingerprint density at radius 2 is 2.15 bits per heavy atom. The minimum absolute atomic E-state index is 0.209. The number of aliphatic imine (C=N–C) groups is 1. The number of nitrogens with zero attached hydrogens (tertiary/aromatic N) is 4. The Balaban J connectivity index is 1.56. The Labute approximate surface area is 161 Å². The molecule has 1 aliphatic heterocycles. The highest BCUT2D eigenvalue weighted by Gasteiger charge is 2.25. The van der Waals surface area contributed by atoms with Crippen LogP contribution in [0.15, 0.2) is 40.0 Å². The number of hydrogen-bond acceptors (Lipinski definition) is 4. The summed E-state index contributed by atoms with van der Waals surface area (Å²) in [6, 6.07) is 6.30. The van der Waals surface area contributed by atoms with Gasteiger partial charge in [0.1, 0.15) is 11.5 Å². The van der Waals surface area contributed by atoms with E-state index in [1.807, 2.05) is 36.1 Å². The predicted octanol–water partition coefficient (Wildman–Crippen LogP) is 2.57. The van der Waals surface area contributed by atoms with E-state index in [2.05, 4.69) is 33.6 Å². The molecule has 0 spiro atoms. The molecule has 1 saturated heterocycles. The van der Waals surface area contributed by atoms with Crippen LogP contribution in [0.3, 0.4) is 0 Å². The highest BCUT2D eigenvalue weighted by molar-refractivity contribution is 5.79. The van der Waals surface area contributed by atoms with Crippen molar-refractivity contribution >= 4 is 5.96 Å². The van der Waals surface area contributed by atoms with Crippen LogP contribution in [0, 0.1) is 6.92 Å². The Morgan fingerprint density at radius 1 is 1.30 bits per heavy atom. The van der Waals surface area contributed by atoms with Gasteiger partial charge in [-0.3, -0.25) is 14.6 Å². The van der Waals surface area contributed by atoms with Crippen LogP contribution in [-0.4, -0.2) is 53.4 Å². The molecular weight excluding hydrogens is 340 g/mol. The Bertz CT molecular complexity index is 687. The molecule has 2 aromatic rings. The van der Waals surface area contributed by atoms with Crippen LogP contribution in [0.25, 0.3) is 0 Å². The van der Waals surface area contributed by atoms with Crippen LogP contribution in [0.5, 0.6) is 0 Å². The second-order valence-electron chi connectivity index (χ2n) is 6.98. The minimum Gasteiger partial charge on any atom is -0.465 e. The van der Waals surface area contributed by atoms with Crippen molar-refractivity contribution in [1.29, 1.82) is 0 Å². The average Bonchev–Trinajstić information content (AvgIpc) is 3.42. The second-order valence-corrected chi connectivity index (χ2v) is 6.98. The first-order valence-corrected chi connectivity index (χ1v) is 10.1. The van der Waals surface area contributed by atoms with E-state index in [1.54, 1.807) is 0 Å². The zero-order chi connectivity index (χ0) is 18.9. The number of guanidine groups is 1. The lowest BCUT2D eigenvalue weighted by Crippen LogP contribution is -2.39. The van der Waals surface area contributed by atoms with Gasteiger partial charge in [0.25, 0.3) is 0 Å². The van der Waals surface area contributed by atoms with E-state index in [4.69, 9.17) is 9.41 Å². The summed E-state index contributed by atoms with van der Waals surface area (Å²) in [6.07, 6.45) is 7.31. The number of hydrogen-bond donors (Lipinski definition) is 2. The van der Waals surface area contributed by atoms with Gasteiger partial charge in [-0.25, -0.2) is 0 Å². The molecule has 0 aliphatic carbocycles. The van der Waals surface area contributed by atoms with Crippen LogP contribution in [0.1, 0.15) is 43.7 Å². The van der Waals surface area contributed by atoms with Gasteiger partial charge >= 0.3 is 0 Å². The fourth-order valence-corrected chi connectivity index (χ4v) is 3.47. The molecule has 1 atom stereocenters. The molecule has 2 aromatic heterocycles. The van der Waals surface area contributed by atoms with Gasteiger partial charge in [0.05, 0.1) is 12.6 Å². The van der Waals surface area contributed by atoms with Crippen LogP contribution in [-0.2, 0) is 6.54 Å². The summed E-state index contributed by atoms with van der Waals surface area (Å²) in [6.45, 7) is 9.64. The first kappa shape index (κ1) is 19.5. The molecule has 3 heterocycles. The third kappa shape index (κ3) is 5.85. The van der Waals surface area contributed by atoms with Crippen LogP contribution < -0.4 is 10.6 Å². The van der Waals surface area contributed by atoms with Crippen molar-refractivity contribution in [2.24, 2.45) is 4.99 Å². The van der Waals surface area contributed by atoms with Crippen molar-refractivity contribution in [1.82, 2.24) is 25.3 Å². The number of nitrogens with one attached hydrogen (secondary N) is 2. The first-order chi connectivity index (χ1) is 13.3. The number of rotatable bonds is 9. The molecule has 148 valence electrons. The van der Waals surface area contributed by atoms with Crippen LogP contribution in [0.2, 0.25) is 0 Å². The Hall–Kier alpha value is -2.28. The highest BCUT2D eigenvalue weighted by atomic mass is 16.3. The lowest BCUT2D eigenvalue weighted by Gasteiger charge is -2.24. The summed E-state index contributed by atoms with van der Waals surface area (Å²) in [5.74, 6) is 2.85. The number of likely N-dealkylation sites (tertiary alicyclic amines) is 1. The fraction of sp³-hybridized carbons (Fsp3) is 0.600. The molecule has 1 aliphatic rings. The third-order valence-corrected chi connectivity index (χ3v) is 4.85. The lowest BCUT2D eigenvalue weighted by molar-refractivity contribution is 0.219. The molecular formula is C20H32N6O. The van der Waals surface area contributed by atoms with Crippen molar-refractivity contribution in [3.8, 4) is 0 Å². The largest absolute Gasteiger partial charge is 0.465 e. The lowest BCUT2D eigenvalue weighted by atomic mass is 10.2. The predicted molar refractivity (Wildman–Crippen MR) is 108 cm³/mol. The number of aryl methyl sites for hydroxylation is 2. The summed E-state index contributed by atoms with van der Waals surface area (Å²) in [5.41, 5.74) is 0. The quantitative estimate of drug-likeness (QED) is 0.402. The molecule has 0 amide bonds. The monoisotopic (exact) mass is 372 g/mol. The van der Waals surface area contributed by atoms with E-state index >= 15 is 0 Å². The van der Waals surface area contributed by atoms with E-state index in [1.165, 1.54) is 12.8 Å². The summed E-state index contributed by atoms with van der Waals surface area (Å²) in [4.78, 5) is 7.34. The van der Waals surface area contributed by atoms with Crippen LogP contribution >= 0.6 is 0 Å². The zero-order valence-electron chi connectivity index (χ0n) is 16.5. The van der Waals surface area contributed by atoms with E-state index in [-0.39, 0.29) is 6.04 Å². The van der Waals surface area contributed by atoms with Gasteiger partial charge in [-0.15, -0.1) is 0 Å². The molecule has 3 rings (SSSR count). The minimum atomic E-state index is 0.209. The zero-order valence-corrected chi connectivity index (χ0v) is 16.5. The van der Waals surface area contributed by atoms with E-state index in [9.17, 15) is 0 Å². The van der Waals surface area contributed by atoms with Crippen molar-refractivity contribution in [2.75, 3.05) is 32.7 Å². The highest BCUT2D eigenvalue weighted by Crippen LogP contribution is 2.26. The molecule has 0 bridgehead atoms. The Kier molecular flexibility index (Phi) is 7.33. The molecule has 1 fully saturated rings. The van der Waals surface area contributed by atoms with Crippen molar-refractivity contribution in [2.45, 2.75) is 45.7 Å². The van der Waals surface area contributed by atoms with Gasteiger partial charge < -0.3 is 15.1 Å². The van der Waals surface area contributed by atoms with Gasteiger partial charge in [0.2, 0.25) is 0 Å². The maximum atomic E-state index is 5.93. The van der Waals surface area contributed by atoms with E-state index < -0.39 is 0 Å². The average molecular weight is 373 g/mol. The van der Waals surface area contributed by atoms with Gasteiger partial charge in [-0.05, 0) is 64.4 Å². The molecule has 7 nitrogen and oxygen atoms in total. The van der Waals surface area contributed by atoms with E-state index in [0.29, 0.717) is 6.54 Å². The third-order valence-electron chi connectivity index (χ3n) is 4.85. The summed E-state index contributed by atoms with van der Waals surface area (Å²) < 4.78 is 7.88. The summed E-state index contributed by atoms with van der Waals surface area (Å²) >= 11 is 0. The van der Waals surface area contributed by atoms with Crippen molar-refractivity contribution in [3.63, 3.8) is 0 Å². The first-order valence-electron chi connectivity index (χ1n) is 10.1. The van der Waals surface area contributed by atoms with Gasteiger partial charge in [0, 0.05) is 32.0 Å². The molecule has 2 N–H and O–H groups in total. The molecule has 0 saturated carbocycles. The molecule has 7 heteroatoms. The normalized spacial score (nSPS) is 16.6. The number of furan rings is 1. The van der Waals surface area contributed by atoms with Crippen LogP contribution in [0.4, 0.5) is 0 Å². The second kappa shape index (κ2) is 10.2. The maximum Gasteiger partial charge on any atom is 0.191 e. The molecule has 27 heavy (non-hydrogen) atoms. The van der Waals surface area contributed by atoms with Crippen molar-refractivity contribution in [3.05, 3.63) is 42.1 Å². The smallest absolute Gasteiger partial charge is 0.191 e. The Morgan fingerprint density at radius 3 is 2.81 bits per heavy atom. The standard InChI is InChI=1S/C20H32N6O/c1-3-21-20(22-10-6-14-26-15-7-11-24-26)23-16-18(25-12-4-5-13-25)19-9-8-17(2)27-19/h7-9,11,15,18H,3-6,10,12-14,16H2,1-2H3,(H2,21,22,23). The van der Waals surface area contributed by atoms with Gasteiger partial charge in [0.15, 0.2) is 5.96 Å². The topological polar surface area (TPSA) is 70.6 Å². The number of aromatic nitrogens is 2. The van der Waals surface area contributed by atoms with Gasteiger partial charge in [-0.2, -0.15) is 5.10 Å². The molecule has 0 radical (unpaired) electrons. The summed E-state index contributed by atoms with van der Waals surface area (Å²) in [7, 11) is 0. The molecule has 1 unspecified atom stereocenters. The molecule has 0 aromatic carbocycles. The SMILES string of the molecule is CCNC(=NCC(c1ccc(C)o1)N1CCCC1)NCCCn1cccn1. The van der Waals surface area contributed by atoms with Gasteiger partial charge in [-0.1, -0.05) is 0 Å². The fourth-order valence-electron chi connectivity index (χ4n) is 3.47.